The van der Waals surface area contributed by atoms with E-state index >= 15 is 0 Å². The summed E-state index contributed by atoms with van der Waals surface area (Å²) < 4.78 is 31.1. The molecule has 4 rings (SSSR count). The van der Waals surface area contributed by atoms with Gasteiger partial charge >= 0.3 is 5.37 Å². The van der Waals surface area contributed by atoms with Crippen LogP contribution in [0.3, 0.4) is 0 Å². The Balaban J connectivity index is 2.04. The Labute approximate surface area is 238 Å². The first-order chi connectivity index (χ1) is 17.9. The molecule has 38 heavy (non-hydrogen) atoms. The molecule has 0 saturated heterocycles. The van der Waals surface area contributed by atoms with Crippen LogP contribution < -0.4 is 4.74 Å². The number of amides is 1. The molecule has 0 saturated carbocycles. The maximum absolute atomic E-state index is 13.2. The summed E-state index contributed by atoms with van der Waals surface area (Å²) in [7, 11) is -3.50. The van der Waals surface area contributed by atoms with Gasteiger partial charge in [0.25, 0.3) is 0 Å². The van der Waals surface area contributed by atoms with Gasteiger partial charge in [0.15, 0.2) is 9.84 Å². The number of amidine groups is 1. The topological polar surface area (TPSA) is 76.0 Å². The monoisotopic (exact) mass is 592 g/mol. The van der Waals surface area contributed by atoms with Gasteiger partial charge in [-0.25, -0.2) is 8.42 Å². The summed E-state index contributed by atoms with van der Waals surface area (Å²) in [5.74, 6) is 0.473. The number of carbonyl (C=O) groups is 1. The van der Waals surface area contributed by atoms with Crippen molar-refractivity contribution in [3.8, 4) is 5.75 Å². The summed E-state index contributed by atoms with van der Waals surface area (Å²) in [4.78, 5) is 19.9. The first kappa shape index (κ1) is 28.4. The van der Waals surface area contributed by atoms with Crippen LogP contribution in [0.5, 0.6) is 5.75 Å². The van der Waals surface area contributed by atoms with Crippen molar-refractivity contribution in [1.29, 1.82) is 0 Å². The van der Waals surface area contributed by atoms with E-state index in [9.17, 15) is 13.2 Å². The predicted octanol–water partition coefficient (Wildman–Crippen LogP) is 7.44. The van der Waals surface area contributed by atoms with Gasteiger partial charge in [0.05, 0.1) is 22.8 Å². The van der Waals surface area contributed by atoms with Crippen LogP contribution in [0.2, 0.25) is 10.0 Å². The highest BCUT2D eigenvalue weighted by atomic mass is 35.5. The SMILES string of the molecule is CCOc1cc(S(=O)(=O)CC)ccc1C1=N[C@@](C)(c2ccc(Cl)cc2)[C@@](C)(c2ccc(Cl)cc2)N1C(=O)Cl. The zero-order valence-corrected chi connectivity index (χ0v) is 24.4. The van der Waals surface area contributed by atoms with Gasteiger partial charge in [0.2, 0.25) is 0 Å². The molecule has 10 heteroatoms. The zero-order chi connectivity index (χ0) is 27.9. The van der Waals surface area contributed by atoms with E-state index < -0.39 is 26.3 Å². The van der Waals surface area contributed by atoms with Crippen LogP contribution in [0.1, 0.15) is 44.4 Å². The Morgan fingerprint density at radius 2 is 1.47 bits per heavy atom. The van der Waals surface area contributed by atoms with Crippen molar-refractivity contribution in [2.24, 2.45) is 4.99 Å². The summed E-state index contributed by atoms with van der Waals surface area (Å²) in [6, 6.07) is 19.0. The highest BCUT2D eigenvalue weighted by molar-refractivity contribution is 7.91. The van der Waals surface area contributed by atoms with Crippen LogP contribution in [0, 0.1) is 0 Å². The standard InChI is InChI=1S/C28H27Cl3N2O4S/c1-5-37-24-17-22(38(35,36)6-2)15-16-23(24)25-32-27(3,18-7-11-20(29)12-8-18)28(4,33(25)26(31)34)19-9-13-21(30)14-10-19/h7-17H,5-6H2,1-4H3/t27-,28+/m0/s1. The molecule has 3 aromatic rings. The fraction of sp³-hybridized carbons (Fsp3) is 0.286. The average Bonchev–Trinajstić information content (AvgIpc) is 3.13. The number of carbonyl (C=O) groups excluding carboxylic acids is 1. The molecule has 6 nitrogen and oxygen atoms in total. The minimum Gasteiger partial charge on any atom is -0.493 e. The minimum atomic E-state index is -3.50. The van der Waals surface area contributed by atoms with Crippen molar-refractivity contribution >= 4 is 55.8 Å². The molecule has 0 spiro atoms. The van der Waals surface area contributed by atoms with Gasteiger partial charge in [-0.05, 0) is 86.0 Å². The smallest absolute Gasteiger partial charge is 0.322 e. The van der Waals surface area contributed by atoms with Gasteiger partial charge in [-0.15, -0.1) is 0 Å². The van der Waals surface area contributed by atoms with E-state index in [1.807, 2.05) is 38.1 Å². The van der Waals surface area contributed by atoms with Crippen molar-refractivity contribution in [2.75, 3.05) is 12.4 Å². The third-order valence-electron chi connectivity index (χ3n) is 7.16. The molecule has 0 N–H and O–H groups in total. The summed E-state index contributed by atoms with van der Waals surface area (Å²) in [5, 5.41) is 0.343. The first-order valence-corrected chi connectivity index (χ1v) is 14.8. The molecule has 0 fully saturated rings. The molecular weight excluding hydrogens is 567 g/mol. The molecule has 0 radical (unpaired) electrons. The van der Waals surface area contributed by atoms with Crippen LogP contribution in [0.15, 0.2) is 76.6 Å². The number of ether oxygens (including phenoxy) is 1. The van der Waals surface area contributed by atoms with Crippen LogP contribution in [-0.4, -0.2) is 36.9 Å². The summed E-state index contributed by atoms with van der Waals surface area (Å²) in [6.45, 7) is 7.45. The largest absolute Gasteiger partial charge is 0.493 e. The lowest BCUT2D eigenvalue weighted by Gasteiger charge is -2.44. The molecule has 1 heterocycles. The van der Waals surface area contributed by atoms with Crippen LogP contribution >= 0.6 is 34.8 Å². The van der Waals surface area contributed by atoms with Gasteiger partial charge in [0, 0.05) is 10.0 Å². The number of nitrogens with zero attached hydrogens (tertiary/aromatic N) is 2. The van der Waals surface area contributed by atoms with Crippen molar-refractivity contribution in [3.05, 3.63) is 93.5 Å². The molecule has 1 aliphatic rings. The number of hydrogen-bond acceptors (Lipinski definition) is 5. The van der Waals surface area contributed by atoms with Crippen molar-refractivity contribution in [1.82, 2.24) is 4.90 Å². The lowest BCUT2D eigenvalue weighted by Crippen LogP contribution is -2.53. The van der Waals surface area contributed by atoms with E-state index in [2.05, 4.69) is 0 Å². The summed E-state index contributed by atoms with van der Waals surface area (Å²) >= 11 is 18.7. The van der Waals surface area contributed by atoms with Crippen LogP contribution in [-0.2, 0) is 20.9 Å². The molecule has 0 aliphatic carbocycles. The first-order valence-electron chi connectivity index (χ1n) is 12.0. The van der Waals surface area contributed by atoms with Gasteiger partial charge in [-0.3, -0.25) is 14.7 Å². The molecule has 200 valence electrons. The second kappa shape index (κ2) is 10.5. The Kier molecular flexibility index (Phi) is 7.88. The lowest BCUT2D eigenvalue weighted by molar-refractivity contribution is 0.149. The second-order valence-electron chi connectivity index (χ2n) is 9.18. The average molecular weight is 594 g/mol. The normalized spacial score (nSPS) is 21.3. The Hall–Kier alpha value is -2.58. The van der Waals surface area contributed by atoms with E-state index in [4.69, 9.17) is 44.5 Å². The van der Waals surface area contributed by atoms with Crippen molar-refractivity contribution < 1.29 is 17.9 Å². The Morgan fingerprint density at radius 3 is 1.97 bits per heavy atom. The highest BCUT2D eigenvalue weighted by Gasteiger charge is 2.59. The predicted molar refractivity (Wildman–Crippen MR) is 153 cm³/mol. The minimum absolute atomic E-state index is 0.0611. The molecule has 3 aromatic carbocycles. The van der Waals surface area contributed by atoms with E-state index in [0.717, 1.165) is 11.1 Å². The lowest BCUT2D eigenvalue weighted by atomic mass is 9.71. The number of rotatable bonds is 7. The molecular formula is C28H27Cl3N2O4S. The van der Waals surface area contributed by atoms with Gasteiger partial charge < -0.3 is 4.74 Å². The van der Waals surface area contributed by atoms with E-state index in [-0.39, 0.29) is 28.8 Å². The molecule has 0 bridgehead atoms. The van der Waals surface area contributed by atoms with Crippen LogP contribution in [0.25, 0.3) is 0 Å². The van der Waals surface area contributed by atoms with E-state index in [1.165, 1.54) is 17.0 Å². The van der Waals surface area contributed by atoms with Gasteiger partial charge in [-0.2, -0.15) is 0 Å². The van der Waals surface area contributed by atoms with Crippen LogP contribution in [0.4, 0.5) is 4.79 Å². The molecule has 1 amide bonds. The second-order valence-corrected chi connectivity index (χ2v) is 12.7. The summed E-state index contributed by atoms with van der Waals surface area (Å²) in [5.41, 5.74) is -0.176. The van der Waals surface area contributed by atoms with Gasteiger partial charge in [0.1, 0.15) is 22.7 Å². The number of halogens is 3. The van der Waals surface area contributed by atoms with E-state index in [1.54, 1.807) is 44.2 Å². The molecule has 0 unspecified atom stereocenters. The van der Waals surface area contributed by atoms with Crippen molar-refractivity contribution in [3.63, 3.8) is 0 Å². The van der Waals surface area contributed by atoms with Gasteiger partial charge in [-0.1, -0.05) is 54.4 Å². The molecule has 2 atom stereocenters. The molecule has 1 aliphatic heterocycles. The maximum atomic E-state index is 13.2. The third-order valence-corrected chi connectivity index (χ3v) is 9.56. The summed E-state index contributed by atoms with van der Waals surface area (Å²) in [6.07, 6.45) is 0. The quantitative estimate of drug-likeness (QED) is 0.211. The maximum Gasteiger partial charge on any atom is 0.322 e. The van der Waals surface area contributed by atoms with Crippen molar-refractivity contribution in [2.45, 2.75) is 43.7 Å². The number of benzene rings is 3. The number of aliphatic imine (C=N–C) groups is 1. The highest BCUT2D eigenvalue weighted by Crippen LogP contribution is 2.54. The Bertz CT molecular complexity index is 1510. The van der Waals surface area contributed by atoms with E-state index in [0.29, 0.717) is 15.6 Å². The fourth-order valence-corrected chi connectivity index (χ4v) is 6.26. The third kappa shape index (κ3) is 4.70. The molecule has 0 aromatic heterocycles. The zero-order valence-electron chi connectivity index (χ0n) is 21.3. The number of sulfone groups is 1. The Morgan fingerprint density at radius 1 is 0.921 bits per heavy atom. The number of hydrogen-bond donors (Lipinski definition) is 0. The fourth-order valence-electron chi connectivity index (χ4n) is 4.87.